The maximum absolute atomic E-state index is 3.28. The summed E-state index contributed by atoms with van der Waals surface area (Å²) >= 11 is 0. The van der Waals surface area contributed by atoms with Gasteiger partial charge in [-0.05, 0) is 0 Å². The van der Waals surface area contributed by atoms with E-state index in [4.69, 9.17) is 0 Å². The molecule has 0 unspecified atom stereocenters. The average Bonchev–Trinajstić information content (AvgIpc) is 2.22. The van der Waals surface area contributed by atoms with Crippen LogP contribution in [0.1, 0.15) is 0 Å². The van der Waals surface area contributed by atoms with Crippen LogP contribution in [0.4, 0.5) is 0 Å². The van der Waals surface area contributed by atoms with E-state index in [-0.39, 0.29) is 0 Å². The van der Waals surface area contributed by atoms with Gasteiger partial charge < -0.3 is 21.3 Å². The zero-order chi connectivity index (χ0) is 9.90. The minimum absolute atomic E-state index is 0.857. The molecule has 1 fully saturated rings. The van der Waals surface area contributed by atoms with E-state index in [9.17, 15) is 0 Å². The van der Waals surface area contributed by atoms with Gasteiger partial charge in [-0.1, -0.05) is 0 Å². The van der Waals surface area contributed by atoms with Crippen molar-refractivity contribution in [3.8, 4) is 0 Å². The van der Waals surface area contributed by atoms with Crippen LogP contribution in [0.3, 0.4) is 0 Å². The first-order chi connectivity index (χ1) is 7.00. The van der Waals surface area contributed by atoms with Crippen LogP contribution in [0.25, 0.3) is 0 Å². The fourth-order valence-electron chi connectivity index (χ4n) is 1.19. The Balaban J connectivity index is 2.00. The molecule has 1 rings (SSSR count). The van der Waals surface area contributed by atoms with Gasteiger partial charge in [0.1, 0.15) is 0 Å². The van der Waals surface area contributed by atoms with E-state index in [1.165, 1.54) is 0 Å². The van der Waals surface area contributed by atoms with Crippen LogP contribution in [0.5, 0.6) is 0 Å². The van der Waals surface area contributed by atoms with Gasteiger partial charge in [0.2, 0.25) is 0 Å². The summed E-state index contributed by atoms with van der Waals surface area (Å²) in [4.78, 5) is 0. The van der Waals surface area contributed by atoms with Crippen molar-refractivity contribution in [1.82, 2.24) is 31.9 Å². The van der Waals surface area contributed by atoms with Gasteiger partial charge in [0.25, 0.3) is 0 Å². The summed E-state index contributed by atoms with van der Waals surface area (Å²) in [6, 6.07) is 0. The van der Waals surface area contributed by atoms with Crippen molar-refractivity contribution in [3.63, 3.8) is 0 Å². The van der Waals surface area contributed by atoms with E-state index >= 15 is 0 Å². The Morgan fingerprint density at radius 1 is 0.357 bits per heavy atom. The quantitative estimate of drug-likeness (QED) is 0.258. The lowest BCUT2D eigenvalue weighted by atomic mass is 10.6. The molecule has 0 radical (unpaired) electrons. The van der Waals surface area contributed by atoms with E-state index in [1.807, 2.05) is 0 Å². The smallest absolute Gasteiger partial charge is 0.0465 e. The van der Waals surface area contributed by atoms with Crippen LogP contribution >= 0.6 is 0 Å². The SMILES string of the molecule is C1CNCNCNCCNCNCN1. The third-order valence-corrected chi connectivity index (χ3v) is 1.96. The van der Waals surface area contributed by atoms with Crippen molar-refractivity contribution >= 4 is 0 Å². The van der Waals surface area contributed by atoms with Crippen LogP contribution in [0.15, 0.2) is 0 Å². The highest BCUT2D eigenvalue weighted by Gasteiger charge is 1.91. The third kappa shape index (κ3) is 7.19. The normalized spacial score (nSPS) is 24.0. The molecular formula is C8H22N6. The summed E-state index contributed by atoms with van der Waals surface area (Å²) in [5, 5.41) is 19.6. The lowest BCUT2D eigenvalue weighted by molar-refractivity contribution is 0.478. The second-order valence-corrected chi connectivity index (χ2v) is 3.21. The zero-order valence-electron chi connectivity index (χ0n) is 8.66. The average molecular weight is 202 g/mol. The minimum atomic E-state index is 0.857. The van der Waals surface area contributed by atoms with Gasteiger partial charge in [-0.15, -0.1) is 0 Å². The topological polar surface area (TPSA) is 72.2 Å². The van der Waals surface area contributed by atoms with Crippen molar-refractivity contribution in [3.05, 3.63) is 0 Å². The molecule has 6 N–H and O–H groups in total. The fraction of sp³-hybridized carbons (Fsp3) is 1.00. The summed E-state index contributed by atoms with van der Waals surface area (Å²) in [6.45, 7) is 7.38. The summed E-state index contributed by atoms with van der Waals surface area (Å²) in [6.07, 6.45) is 0. The number of nitrogens with one attached hydrogen (secondary N) is 6. The van der Waals surface area contributed by atoms with Gasteiger partial charge in [-0.2, -0.15) is 0 Å². The van der Waals surface area contributed by atoms with Crippen LogP contribution in [0, 0.1) is 0 Å². The van der Waals surface area contributed by atoms with Gasteiger partial charge in [0, 0.05) is 52.9 Å². The summed E-state index contributed by atoms with van der Waals surface area (Å²) in [7, 11) is 0. The van der Waals surface area contributed by atoms with Crippen LogP contribution in [-0.4, -0.2) is 52.9 Å². The second-order valence-electron chi connectivity index (χ2n) is 3.21. The number of hydrogen-bond acceptors (Lipinski definition) is 6. The molecule has 6 nitrogen and oxygen atoms in total. The predicted molar refractivity (Wildman–Crippen MR) is 57.8 cm³/mol. The monoisotopic (exact) mass is 202 g/mol. The second kappa shape index (κ2) is 9.32. The molecule has 1 heterocycles. The summed E-state index contributed by atoms with van der Waals surface area (Å²) in [5.41, 5.74) is 0. The summed E-state index contributed by atoms with van der Waals surface area (Å²) < 4.78 is 0. The fourth-order valence-corrected chi connectivity index (χ4v) is 1.19. The van der Waals surface area contributed by atoms with Gasteiger partial charge >= 0.3 is 0 Å². The van der Waals surface area contributed by atoms with Crippen molar-refractivity contribution in [2.45, 2.75) is 0 Å². The van der Waals surface area contributed by atoms with Gasteiger partial charge in [-0.3, -0.25) is 10.6 Å². The molecule has 1 aliphatic heterocycles. The Morgan fingerprint density at radius 3 is 0.929 bits per heavy atom. The molecule has 0 saturated carbocycles. The predicted octanol–water partition coefficient (Wildman–Crippen LogP) is -2.63. The van der Waals surface area contributed by atoms with E-state index < -0.39 is 0 Å². The molecule has 0 aromatic heterocycles. The van der Waals surface area contributed by atoms with Crippen LogP contribution in [-0.2, 0) is 0 Å². The summed E-state index contributed by atoms with van der Waals surface area (Å²) in [5.74, 6) is 0. The molecule has 0 atom stereocenters. The highest BCUT2D eigenvalue weighted by Crippen LogP contribution is 1.61. The van der Waals surface area contributed by atoms with Crippen molar-refractivity contribution in [2.24, 2.45) is 0 Å². The van der Waals surface area contributed by atoms with E-state index in [2.05, 4.69) is 31.9 Å². The number of hydrogen-bond donors (Lipinski definition) is 6. The molecule has 0 amide bonds. The highest BCUT2D eigenvalue weighted by molar-refractivity contribution is 4.54. The standard InChI is InChI=1S/C8H22N6/c1-2-10-6-14-8-12-4-3-11-7-13-5-9-1/h9-14H,1-8H2. The molecule has 0 aromatic carbocycles. The first-order valence-corrected chi connectivity index (χ1v) is 5.24. The molecule has 1 aliphatic rings. The van der Waals surface area contributed by atoms with Crippen molar-refractivity contribution in [2.75, 3.05) is 52.9 Å². The molecule has 0 aromatic rings. The molecule has 6 heteroatoms. The maximum Gasteiger partial charge on any atom is 0.0465 e. The van der Waals surface area contributed by atoms with Gasteiger partial charge in [-0.25, -0.2) is 0 Å². The van der Waals surface area contributed by atoms with Crippen LogP contribution < -0.4 is 31.9 Å². The molecule has 1 saturated heterocycles. The lowest BCUT2D eigenvalue weighted by Crippen LogP contribution is -2.44. The molecule has 84 valence electrons. The molecule has 0 aliphatic carbocycles. The Bertz CT molecular complexity index is 67.1. The number of rotatable bonds is 0. The first-order valence-electron chi connectivity index (χ1n) is 5.24. The van der Waals surface area contributed by atoms with Gasteiger partial charge in [0.05, 0.1) is 0 Å². The van der Waals surface area contributed by atoms with Crippen LogP contribution in [0.2, 0.25) is 0 Å². The lowest BCUT2D eigenvalue weighted by Gasteiger charge is -2.12. The minimum Gasteiger partial charge on any atom is -0.303 e. The first kappa shape index (κ1) is 11.8. The highest BCUT2D eigenvalue weighted by atomic mass is 15.2. The molecule has 0 spiro atoms. The van der Waals surface area contributed by atoms with E-state index in [1.54, 1.807) is 0 Å². The molecule has 14 heavy (non-hydrogen) atoms. The Morgan fingerprint density at radius 2 is 0.643 bits per heavy atom. The molecule has 0 bridgehead atoms. The van der Waals surface area contributed by atoms with Crippen molar-refractivity contribution in [1.29, 1.82) is 0 Å². The van der Waals surface area contributed by atoms with Crippen molar-refractivity contribution < 1.29 is 0 Å². The maximum atomic E-state index is 3.28. The third-order valence-electron chi connectivity index (χ3n) is 1.96. The Hall–Kier alpha value is -0.240. The Labute approximate surface area is 85.6 Å². The molecular weight excluding hydrogens is 180 g/mol. The largest absolute Gasteiger partial charge is 0.303 e. The zero-order valence-corrected chi connectivity index (χ0v) is 8.66. The Kier molecular flexibility index (Phi) is 7.88. The van der Waals surface area contributed by atoms with E-state index in [0.717, 1.165) is 52.9 Å². The van der Waals surface area contributed by atoms with E-state index in [0.29, 0.717) is 0 Å². The van der Waals surface area contributed by atoms with Gasteiger partial charge in [0.15, 0.2) is 0 Å².